The van der Waals surface area contributed by atoms with Crippen molar-refractivity contribution in [2.45, 2.75) is 56.3 Å². The predicted molar refractivity (Wildman–Crippen MR) is 95.2 cm³/mol. The van der Waals surface area contributed by atoms with Crippen LogP contribution >= 0.6 is 10.2 Å². The lowest BCUT2D eigenvalue weighted by Gasteiger charge is -2.40. The van der Waals surface area contributed by atoms with E-state index in [4.69, 9.17) is 0 Å². The van der Waals surface area contributed by atoms with Crippen molar-refractivity contribution in [2.24, 2.45) is 5.41 Å². The van der Waals surface area contributed by atoms with Crippen LogP contribution in [0.2, 0.25) is 0 Å². The van der Waals surface area contributed by atoms with Crippen LogP contribution in [0.15, 0.2) is 29.2 Å². The summed E-state index contributed by atoms with van der Waals surface area (Å²) in [7, 11) is -9.75. The topological polar surface area (TPSA) is 70.2 Å². The molecule has 0 aromatic heterocycles. The third kappa shape index (κ3) is 4.57. The first-order valence-corrected chi connectivity index (χ1v) is 10.7. The van der Waals surface area contributed by atoms with Crippen LogP contribution in [0, 0.1) is 5.41 Å². The maximum absolute atomic E-state index is 12.9. The van der Waals surface area contributed by atoms with E-state index in [0.717, 1.165) is 25.0 Å². The van der Waals surface area contributed by atoms with Crippen molar-refractivity contribution < 1.29 is 29.0 Å². The van der Waals surface area contributed by atoms with Crippen LogP contribution in [-0.4, -0.2) is 24.0 Å². The fourth-order valence-electron chi connectivity index (χ4n) is 3.36. The standard InChI is InChI=1S/C17H22F5N3O2S/c1-10-23-13(9-14(26)24-10)16(27)25-15(17(2)7-8-17)11-3-5-12(6-4-11)28(18,19,20,21)22/h3-6,10,13,15,23H,7-9H2,1-2H3,(H,24,26)(H,25,27)/t10?,13?,15-/m0/s1. The zero-order chi connectivity index (χ0) is 21.0. The van der Waals surface area contributed by atoms with Gasteiger partial charge in [-0.15, -0.1) is 0 Å². The summed E-state index contributed by atoms with van der Waals surface area (Å²) in [5.74, 6) is -0.752. The normalized spacial score (nSPS) is 27.8. The largest absolute Gasteiger partial charge is 0.347 e. The molecule has 5 nitrogen and oxygen atoms in total. The Hall–Kier alpha value is -1.88. The van der Waals surface area contributed by atoms with E-state index in [0.29, 0.717) is 17.7 Å². The summed E-state index contributed by atoms with van der Waals surface area (Å²) in [6.07, 6.45) is 0.999. The highest BCUT2D eigenvalue weighted by Gasteiger charge is 2.65. The monoisotopic (exact) mass is 427 g/mol. The minimum atomic E-state index is -9.75. The molecule has 0 spiro atoms. The van der Waals surface area contributed by atoms with Crippen molar-refractivity contribution in [3.8, 4) is 0 Å². The quantitative estimate of drug-likeness (QED) is 0.619. The summed E-state index contributed by atoms with van der Waals surface area (Å²) in [5, 5.41) is 8.32. The molecule has 0 radical (unpaired) electrons. The van der Waals surface area contributed by atoms with Crippen LogP contribution in [0.1, 0.15) is 44.7 Å². The Bertz CT molecular complexity index is 809. The van der Waals surface area contributed by atoms with Crippen LogP contribution in [0.3, 0.4) is 0 Å². The minimum absolute atomic E-state index is 0.0667. The van der Waals surface area contributed by atoms with E-state index in [1.54, 1.807) is 6.92 Å². The molecule has 2 fully saturated rings. The van der Waals surface area contributed by atoms with Gasteiger partial charge in [-0.3, -0.25) is 14.9 Å². The Morgan fingerprint density at radius 2 is 1.75 bits per heavy atom. The molecule has 158 valence electrons. The molecule has 3 rings (SSSR count). The van der Waals surface area contributed by atoms with Crippen molar-refractivity contribution in [3.63, 3.8) is 0 Å². The van der Waals surface area contributed by atoms with Crippen molar-refractivity contribution in [1.29, 1.82) is 0 Å². The van der Waals surface area contributed by atoms with Gasteiger partial charge in [-0.05, 0) is 42.9 Å². The lowest BCUT2D eigenvalue weighted by Crippen LogP contribution is -2.60. The Labute approximate surface area is 159 Å². The van der Waals surface area contributed by atoms with Gasteiger partial charge in [-0.25, -0.2) is 0 Å². The van der Waals surface area contributed by atoms with Crippen molar-refractivity contribution >= 4 is 22.0 Å². The highest BCUT2D eigenvalue weighted by molar-refractivity contribution is 8.45. The van der Waals surface area contributed by atoms with Crippen LogP contribution in [-0.2, 0) is 9.59 Å². The fourth-order valence-corrected chi connectivity index (χ4v) is 4.01. The molecule has 1 saturated heterocycles. The van der Waals surface area contributed by atoms with Gasteiger partial charge in [-0.1, -0.05) is 38.5 Å². The Morgan fingerprint density at radius 1 is 1.18 bits per heavy atom. The first kappa shape index (κ1) is 20.8. The molecule has 2 aliphatic rings. The van der Waals surface area contributed by atoms with Gasteiger partial charge >= 0.3 is 10.2 Å². The number of carbonyl (C=O) groups is 2. The second-order valence-corrected chi connectivity index (χ2v) is 10.3. The second-order valence-electron chi connectivity index (χ2n) is 7.85. The molecule has 2 amide bonds. The number of rotatable bonds is 5. The van der Waals surface area contributed by atoms with Gasteiger partial charge in [0.05, 0.1) is 24.7 Å². The molecule has 2 unspecified atom stereocenters. The molecule has 1 saturated carbocycles. The molecule has 3 atom stereocenters. The maximum atomic E-state index is 12.9. The summed E-state index contributed by atoms with van der Waals surface area (Å²) in [5.41, 5.74) is -0.0682. The third-order valence-corrected chi connectivity index (χ3v) is 6.38. The first-order valence-electron chi connectivity index (χ1n) is 8.77. The van der Waals surface area contributed by atoms with Crippen LogP contribution < -0.4 is 16.0 Å². The number of benzene rings is 1. The molecular weight excluding hydrogens is 405 g/mol. The van der Waals surface area contributed by atoms with E-state index in [1.165, 1.54) is 0 Å². The number of amides is 2. The van der Waals surface area contributed by atoms with E-state index >= 15 is 0 Å². The lowest BCUT2D eigenvalue weighted by molar-refractivity contribution is -0.132. The zero-order valence-corrected chi connectivity index (χ0v) is 16.1. The van der Waals surface area contributed by atoms with Crippen LogP contribution in [0.5, 0.6) is 0 Å². The van der Waals surface area contributed by atoms with E-state index in [9.17, 15) is 29.0 Å². The number of nitrogens with one attached hydrogen (secondary N) is 3. The second kappa shape index (κ2) is 5.82. The molecule has 1 aromatic rings. The van der Waals surface area contributed by atoms with Gasteiger partial charge in [0.2, 0.25) is 11.8 Å². The van der Waals surface area contributed by atoms with Crippen molar-refractivity contribution in [2.75, 3.05) is 0 Å². The van der Waals surface area contributed by atoms with E-state index in [2.05, 4.69) is 16.0 Å². The van der Waals surface area contributed by atoms with Gasteiger partial charge in [-0.2, -0.15) is 0 Å². The first-order chi connectivity index (χ1) is 12.6. The summed E-state index contributed by atoms with van der Waals surface area (Å²) in [6.45, 7) is 3.54. The summed E-state index contributed by atoms with van der Waals surface area (Å²) in [4.78, 5) is 22.3. The van der Waals surface area contributed by atoms with Gasteiger partial charge in [0.1, 0.15) is 4.90 Å². The maximum Gasteiger partial charge on any atom is 0.310 e. The average Bonchev–Trinajstić information content (AvgIpc) is 3.28. The SMILES string of the molecule is CC1NC(=O)CC(C(=O)N[C@@H](c2ccc(S(F)(F)(F)(F)F)cc2)C2(C)CC2)N1. The summed E-state index contributed by atoms with van der Waals surface area (Å²) < 4.78 is 64.7. The van der Waals surface area contributed by atoms with Crippen molar-refractivity contribution in [3.05, 3.63) is 29.8 Å². The third-order valence-electron chi connectivity index (χ3n) is 5.22. The number of halogens is 5. The molecule has 28 heavy (non-hydrogen) atoms. The van der Waals surface area contributed by atoms with Gasteiger partial charge < -0.3 is 10.6 Å². The van der Waals surface area contributed by atoms with E-state index < -0.39 is 39.3 Å². The molecule has 1 aliphatic carbocycles. The fraction of sp³-hybridized carbons (Fsp3) is 0.529. The Kier molecular flexibility index (Phi) is 4.33. The highest BCUT2D eigenvalue weighted by atomic mass is 32.5. The van der Waals surface area contributed by atoms with Gasteiger partial charge in [0.15, 0.2) is 0 Å². The zero-order valence-electron chi connectivity index (χ0n) is 15.3. The predicted octanol–water partition coefficient (Wildman–Crippen LogP) is 4.13. The Balaban J connectivity index is 1.82. The molecule has 1 aliphatic heterocycles. The number of hydrogen-bond acceptors (Lipinski definition) is 3. The molecular formula is C17H22F5N3O2S. The van der Waals surface area contributed by atoms with Crippen LogP contribution in [0.4, 0.5) is 19.4 Å². The van der Waals surface area contributed by atoms with E-state index in [1.807, 2.05) is 6.92 Å². The highest BCUT2D eigenvalue weighted by Crippen LogP contribution is 3.02. The van der Waals surface area contributed by atoms with Crippen LogP contribution in [0.25, 0.3) is 0 Å². The summed E-state index contributed by atoms with van der Waals surface area (Å²) >= 11 is 0. The van der Waals surface area contributed by atoms with E-state index in [-0.39, 0.29) is 17.7 Å². The molecule has 11 heteroatoms. The summed E-state index contributed by atoms with van der Waals surface area (Å²) in [6, 6.07) is 1.25. The minimum Gasteiger partial charge on any atom is -0.347 e. The molecule has 1 aromatic carbocycles. The number of hydrogen-bond donors (Lipinski definition) is 3. The average molecular weight is 427 g/mol. The van der Waals surface area contributed by atoms with Gasteiger partial charge in [0.25, 0.3) is 0 Å². The smallest absolute Gasteiger partial charge is 0.310 e. The molecule has 1 heterocycles. The van der Waals surface area contributed by atoms with Crippen molar-refractivity contribution in [1.82, 2.24) is 16.0 Å². The Morgan fingerprint density at radius 3 is 2.21 bits per heavy atom. The molecule has 0 bridgehead atoms. The lowest BCUT2D eigenvalue weighted by atomic mass is 9.91. The van der Waals surface area contributed by atoms with Gasteiger partial charge in [0, 0.05) is 0 Å². The number of carbonyl (C=O) groups excluding carboxylic acids is 2. The molecule has 3 N–H and O–H groups in total.